The van der Waals surface area contributed by atoms with Gasteiger partial charge in [0.2, 0.25) is 5.88 Å². The van der Waals surface area contributed by atoms with Gasteiger partial charge in [0.05, 0.1) is 12.5 Å². The lowest BCUT2D eigenvalue weighted by Crippen LogP contribution is -2.35. The van der Waals surface area contributed by atoms with Crippen LogP contribution in [0.2, 0.25) is 5.02 Å². The van der Waals surface area contributed by atoms with Crippen molar-refractivity contribution in [2.45, 2.75) is 46.1 Å². The first-order valence-electron chi connectivity index (χ1n) is 11.3. The maximum Gasteiger partial charge on any atom is 0.340 e. The van der Waals surface area contributed by atoms with Gasteiger partial charge in [0.15, 0.2) is 5.78 Å². The third kappa shape index (κ3) is 4.82. The van der Waals surface area contributed by atoms with E-state index in [1.165, 1.54) is 0 Å². The average Bonchev–Trinajstić information content (AvgIpc) is 2.77. The molecule has 2 aliphatic rings. The van der Waals surface area contributed by atoms with Crippen molar-refractivity contribution in [1.29, 1.82) is 0 Å². The summed E-state index contributed by atoms with van der Waals surface area (Å²) in [4.78, 5) is 26.4. The highest BCUT2D eigenvalue weighted by Gasteiger charge is 2.45. The first-order valence-corrected chi connectivity index (χ1v) is 11.6. The predicted molar refractivity (Wildman–Crippen MR) is 129 cm³/mol. The van der Waals surface area contributed by atoms with Crippen molar-refractivity contribution in [3.05, 3.63) is 87.5 Å². The van der Waals surface area contributed by atoms with E-state index in [1.54, 1.807) is 19.1 Å². The Morgan fingerprint density at radius 1 is 1.15 bits per heavy atom. The van der Waals surface area contributed by atoms with E-state index in [2.05, 4.69) is 0 Å². The number of carbonyl (C=O) groups is 2. The maximum absolute atomic E-state index is 13.4. The van der Waals surface area contributed by atoms with Gasteiger partial charge in [-0.15, -0.1) is 0 Å². The normalized spacial score (nSPS) is 19.4. The quantitative estimate of drug-likeness (QED) is 0.555. The van der Waals surface area contributed by atoms with Crippen LogP contribution >= 0.6 is 11.6 Å². The van der Waals surface area contributed by atoms with Crippen molar-refractivity contribution in [2.24, 2.45) is 11.1 Å². The third-order valence-electron chi connectivity index (χ3n) is 5.99. The molecule has 2 N–H and O–H groups in total. The van der Waals surface area contributed by atoms with Crippen molar-refractivity contribution in [1.82, 2.24) is 0 Å². The number of benzene rings is 2. The minimum atomic E-state index is -0.743. The summed E-state index contributed by atoms with van der Waals surface area (Å²) in [5.41, 5.74) is 8.15. The van der Waals surface area contributed by atoms with E-state index in [-0.39, 0.29) is 35.9 Å². The van der Waals surface area contributed by atoms with Crippen LogP contribution in [-0.2, 0) is 25.7 Å². The fourth-order valence-electron chi connectivity index (χ4n) is 4.50. The molecule has 6 nitrogen and oxygen atoms in total. The molecule has 1 atom stereocenters. The van der Waals surface area contributed by atoms with Gasteiger partial charge >= 0.3 is 5.97 Å². The lowest BCUT2D eigenvalue weighted by molar-refractivity contribution is -0.139. The van der Waals surface area contributed by atoms with Crippen molar-refractivity contribution < 1.29 is 23.8 Å². The van der Waals surface area contributed by atoms with Crippen LogP contribution in [0.4, 0.5) is 0 Å². The summed E-state index contributed by atoms with van der Waals surface area (Å²) in [6.45, 7) is 6.20. The molecular weight excluding hydrogens is 454 g/mol. The maximum atomic E-state index is 13.4. The van der Waals surface area contributed by atoms with E-state index in [0.717, 1.165) is 5.56 Å². The molecule has 2 aromatic carbocycles. The molecule has 1 aliphatic heterocycles. The van der Waals surface area contributed by atoms with Crippen LogP contribution in [0.15, 0.2) is 71.3 Å². The highest BCUT2D eigenvalue weighted by molar-refractivity contribution is 6.30. The molecule has 0 saturated carbocycles. The summed E-state index contributed by atoms with van der Waals surface area (Å²) >= 11 is 5.99. The molecule has 0 unspecified atom stereocenters. The number of halogens is 1. The Kier molecular flexibility index (Phi) is 6.71. The number of esters is 1. The topological polar surface area (TPSA) is 87.9 Å². The number of ether oxygens (including phenoxy) is 3. The second-order valence-corrected chi connectivity index (χ2v) is 9.70. The second kappa shape index (κ2) is 9.55. The molecule has 4 rings (SSSR count). The summed E-state index contributed by atoms with van der Waals surface area (Å²) in [5.74, 6) is -0.416. The van der Waals surface area contributed by atoms with E-state index in [9.17, 15) is 9.59 Å². The lowest BCUT2D eigenvalue weighted by Gasteiger charge is -2.38. The Morgan fingerprint density at radius 2 is 1.85 bits per heavy atom. The van der Waals surface area contributed by atoms with Gasteiger partial charge in [-0.05, 0) is 36.1 Å². The van der Waals surface area contributed by atoms with Crippen LogP contribution in [0, 0.1) is 5.41 Å². The van der Waals surface area contributed by atoms with Gasteiger partial charge in [-0.3, -0.25) is 4.79 Å². The Morgan fingerprint density at radius 3 is 2.56 bits per heavy atom. The van der Waals surface area contributed by atoms with E-state index >= 15 is 0 Å². The molecule has 2 aromatic rings. The first-order chi connectivity index (χ1) is 16.2. The number of Topliss-reactive ketones (excluding diaryl/α,β-unsaturated/α-hetero) is 1. The zero-order valence-corrected chi connectivity index (χ0v) is 20.3. The van der Waals surface area contributed by atoms with Gasteiger partial charge in [-0.2, -0.15) is 0 Å². The Bertz CT molecular complexity index is 1180. The third-order valence-corrected chi connectivity index (χ3v) is 6.24. The Balaban J connectivity index is 1.79. The second-order valence-electron chi connectivity index (χ2n) is 9.26. The average molecular weight is 482 g/mol. The molecule has 0 bridgehead atoms. The summed E-state index contributed by atoms with van der Waals surface area (Å²) in [6.07, 6.45) is 0.880. The smallest absolute Gasteiger partial charge is 0.340 e. The fourth-order valence-corrected chi connectivity index (χ4v) is 4.62. The molecule has 0 fully saturated rings. The summed E-state index contributed by atoms with van der Waals surface area (Å²) in [5, 5.41) is 0.643. The number of allylic oxidation sites excluding steroid dienone is 2. The molecule has 34 heavy (non-hydrogen) atoms. The minimum absolute atomic E-state index is 0.0415. The van der Waals surface area contributed by atoms with Crippen LogP contribution < -0.4 is 10.5 Å². The van der Waals surface area contributed by atoms with E-state index in [0.29, 0.717) is 40.5 Å². The molecule has 0 amide bonds. The number of nitrogens with two attached hydrogens (primary N) is 1. The molecule has 1 heterocycles. The highest BCUT2D eigenvalue weighted by Crippen LogP contribution is 2.49. The molecule has 0 aromatic heterocycles. The van der Waals surface area contributed by atoms with Crippen LogP contribution in [0.5, 0.6) is 5.75 Å². The number of rotatable bonds is 6. The van der Waals surface area contributed by atoms with Crippen molar-refractivity contribution in [3.63, 3.8) is 0 Å². The molecule has 0 saturated heterocycles. The largest absolute Gasteiger partial charge is 0.489 e. The van der Waals surface area contributed by atoms with Gasteiger partial charge in [0.25, 0.3) is 0 Å². The lowest BCUT2D eigenvalue weighted by atomic mass is 9.70. The number of para-hydroxylation sites is 1. The highest BCUT2D eigenvalue weighted by atomic mass is 35.5. The summed E-state index contributed by atoms with van der Waals surface area (Å²) < 4.78 is 17.3. The van der Waals surface area contributed by atoms with Gasteiger partial charge < -0.3 is 19.9 Å². The molecular formula is C27H28ClNO5. The Hall–Kier alpha value is -3.25. The number of carbonyl (C=O) groups excluding carboxylic acids is 2. The fraction of sp³-hybridized carbons (Fsp3) is 0.333. The molecule has 7 heteroatoms. The molecule has 0 radical (unpaired) electrons. The van der Waals surface area contributed by atoms with Crippen LogP contribution in [0.25, 0.3) is 0 Å². The van der Waals surface area contributed by atoms with Crippen molar-refractivity contribution in [3.8, 4) is 5.75 Å². The number of hydrogen-bond acceptors (Lipinski definition) is 6. The van der Waals surface area contributed by atoms with E-state index in [4.69, 9.17) is 31.5 Å². The predicted octanol–water partition coefficient (Wildman–Crippen LogP) is 5.41. The van der Waals surface area contributed by atoms with Gasteiger partial charge in [-0.1, -0.05) is 55.8 Å². The molecule has 0 spiro atoms. The summed E-state index contributed by atoms with van der Waals surface area (Å²) in [6, 6.07) is 14.7. The van der Waals surface area contributed by atoms with Crippen LogP contribution in [0.3, 0.4) is 0 Å². The minimum Gasteiger partial charge on any atom is -0.489 e. The zero-order chi connectivity index (χ0) is 24.5. The number of ketones is 1. The van der Waals surface area contributed by atoms with Crippen LogP contribution in [0.1, 0.15) is 50.7 Å². The monoisotopic (exact) mass is 481 g/mol. The van der Waals surface area contributed by atoms with Crippen molar-refractivity contribution in [2.75, 3.05) is 6.61 Å². The van der Waals surface area contributed by atoms with Gasteiger partial charge in [0, 0.05) is 29.0 Å². The van der Waals surface area contributed by atoms with Crippen LogP contribution in [-0.4, -0.2) is 18.4 Å². The first kappa shape index (κ1) is 23.9. The molecule has 1 aliphatic carbocycles. The standard InChI is InChI=1S/C27H28ClNO5/c1-4-32-26(31)24-22(23-19(30)13-27(2,3)14-21(23)34-25(24)29)18-7-5-6-8-20(18)33-15-16-9-11-17(28)12-10-16/h5-12,22H,4,13-15,29H2,1-3H3/t22-/m0/s1. The van der Waals surface area contributed by atoms with Gasteiger partial charge in [0.1, 0.15) is 23.7 Å². The zero-order valence-electron chi connectivity index (χ0n) is 19.5. The van der Waals surface area contributed by atoms with E-state index < -0.39 is 11.9 Å². The van der Waals surface area contributed by atoms with Gasteiger partial charge in [-0.25, -0.2) is 4.79 Å². The van der Waals surface area contributed by atoms with E-state index in [1.807, 2.05) is 50.2 Å². The van der Waals surface area contributed by atoms with Crippen molar-refractivity contribution >= 4 is 23.4 Å². The SMILES string of the molecule is CCOC(=O)C1=C(N)OC2=C(C(=O)CC(C)(C)C2)[C@@H]1c1ccccc1OCc1ccc(Cl)cc1. The summed E-state index contributed by atoms with van der Waals surface area (Å²) in [7, 11) is 0. The Labute approximate surface area is 204 Å². The molecule has 178 valence electrons. The number of hydrogen-bond donors (Lipinski definition) is 1.